The first-order valence-corrected chi connectivity index (χ1v) is 11.0. The number of piperazine rings is 1. The van der Waals surface area contributed by atoms with E-state index in [0.29, 0.717) is 31.3 Å². The number of hydrogen-bond acceptors (Lipinski definition) is 6. The summed E-state index contributed by atoms with van der Waals surface area (Å²) in [5.41, 5.74) is 2.35. The smallest absolute Gasteiger partial charge is 0.415 e. The van der Waals surface area contributed by atoms with Gasteiger partial charge < -0.3 is 14.4 Å². The number of nitrogens with zero attached hydrogens (tertiary/aromatic N) is 4. The Kier molecular flexibility index (Phi) is 7.65. The predicted octanol–water partition coefficient (Wildman–Crippen LogP) is 3.46. The zero-order valence-electron chi connectivity index (χ0n) is 18.1. The number of ether oxygens (including phenoxy) is 2. The molecule has 1 amide bonds. The van der Waals surface area contributed by atoms with Crippen LogP contribution in [0.4, 0.5) is 4.79 Å². The third-order valence-corrected chi connectivity index (χ3v) is 5.48. The normalized spacial score (nSPS) is 14.2. The van der Waals surface area contributed by atoms with Crippen molar-refractivity contribution in [3.8, 4) is 11.6 Å². The van der Waals surface area contributed by atoms with E-state index in [1.54, 1.807) is 17.3 Å². The van der Waals surface area contributed by atoms with Gasteiger partial charge in [-0.1, -0.05) is 24.3 Å². The maximum Gasteiger partial charge on any atom is 0.415 e. The van der Waals surface area contributed by atoms with E-state index in [9.17, 15) is 4.79 Å². The summed E-state index contributed by atoms with van der Waals surface area (Å²) in [5.74, 6) is 1.18. The van der Waals surface area contributed by atoms with Crippen molar-refractivity contribution >= 4 is 6.09 Å². The van der Waals surface area contributed by atoms with Gasteiger partial charge in [0.1, 0.15) is 5.75 Å². The number of carbonyl (C=O) groups excluding carboxylic acids is 1. The van der Waals surface area contributed by atoms with Crippen LogP contribution in [0.1, 0.15) is 11.1 Å². The molecule has 1 fully saturated rings. The molecule has 3 heterocycles. The van der Waals surface area contributed by atoms with E-state index in [0.717, 1.165) is 38.0 Å². The molecule has 1 aliphatic heterocycles. The quantitative estimate of drug-likeness (QED) is 0.543. The van der Waals surface area contributed by atoms with E-state index in [1.165, 1.54) is 5.56 Å². The summed E-state index contributed by atoms with van der Waals surface area (Å²) >= 11 is 0. The Labute approximate surface area is 188 Å². The fraction of sp³-hybridized carbons (Fsp3) is 0.320. The largest absolute Gasteiger partial charge is 0.477 e. The summed E-state index contributed by atoms with van der Waals surface area (Å²) in [6.45, 7) is 4.57. The van der Waals surface area contributed by atoms with Crippen LogP contribution in [-0.4, -0.2) is 65.2 Å². The Bertz CT molecular complexity index is 959. The standard InChI is InChI=1S/C25H28N4O3/c30-25(29-17-15-28(16-18-29)14-10-22-4-3-12-26-20-22)32-23-8-6-21(7-9-23)11-19-31-24-5-1-2-13-27-24/h1-9,12-13,20H,10-11,14-19H2. The van der Waals surface area contributed by atoms with E-state index in [4.69, 9.17) is 9.47 Å². The molecule has 0 N–H and O–H groups in total. The van der Waals surface area contributed by atoms with Crippen LogP contribution in [0.25, 0.3) is 0 Å². The van der Waals surface area contributed by atoms with Gasteiger partial charge >= 0.3 is 6.09 Å². The minimum atomic E-state index is -0.289. The number of pyridine rings is 2. The molecule has 0 radical (unpaired) electrons. The molecular formula is C25H28N4O3. The fourth-order valence-corrected chi connectivity index (χ4v) is 3.58. The topological polar surface area (TPSA) is 67.8 Å². The van der Waals surface area contributed by atoms with Gasteiger partial charge in [-0.25, -0.2) is 9.78 Å². The van der Waals surface area contributed by atoms with Gasteiger partial charge in [0.05, 0.1) is 6.61 Å². The minimum Gasteiger partial charge on any atom is -0.477 e. The maximum atomic E-state index is 12.5. The van der Waals surface area contributed by atoms with Crippen LogP contribution in [0.2, 0.25) is 0 Å². The molecule has 0 aliphatic carbocycles. The van der Waals surface area contributed by atoms with Crippen molar-refractivity contribution < 1.29 is 14.3 Å². The summed E-state index contributed by atoms with van der Waals surface area (Å²) in [7, 11) is 0. The maximum absolute atomic E-state index is 12.5. The van der Waals surface area contributed by atoms with E-state index in [1.807, 2.05) is 54.7 Å². The molecule has 1 aliphatic rings. The fourth-order valence-electron chi connectivity index (χ4n) is 3.58. The molecule has 0 atom stereocenters. The number of amides is 1. The molecule has 3 aromatic rings. The number of hydrogen-bond donors (Lipinski definition) is 0. The van der Waals surface area contributed by atoms with Crippen LogP contribution in [0.15, 0.2) is 73.2 Å². The van der Waals surface area contributed by atoms with Crippen LogP contribution in [-0.2, 0) is 12.8 Å². The molecule has 166 valence electrons. The highest BCUT2D eigenvalue weighted by molar-refractivity contribution is 5.70. The lowest BCUT2D eigenvalue weighted by atomic mass is 10.1. The first-order chi connectivity index (χ1) is 15.8. The lowest BCUT2D eigenvalue weighted by Crippen LogP contribution is -2.49. The van der Waals surface area contributed by atoms with Gasteiger partial charge in [0.2, 0.25) is 5.88 Å². The molecule has 0 bridgehead atoms. The van der Waals surface area contributed by atoms with Gasteiger partial charge in [-0.2, -0.15) is 0 Å². The third kappa shape index (κ3) is 6.52. The monoisotopic (exact) mass is 432 g/mol. The van der Waals surface area contributed by atoms with E-state index < -0.39 is 0 Å². The molecule has 4 rings (SSSR count). The Morgan fingerprint density at radius 2 is 1.72 bits per heavy atom. The minimum absolute atomic E-state index is 0.289. The Hall–Kier alpha value is -3.45. The molecule has 0 saturated carbocycles. The van der Waals surface area contributed by atoms with Gasteiger partial charge in [-0.15, -0.1) is 0 Å². The van der Waals surface area contributed by atoms with Gasteiger partial charge in [0.15, 0.2) is 0 Å². The average Bonchev–Trinajstić information content (AvgIpc) is 2.85. The second-order valence-electron chi connectivity index (χ2n) is 7.72. The summed E-state index contributed by atoms with van der Waals surface area (Å²) in [4.78, 5) is 25.0. The SMILES string of the molecule is O=C(Oc1ccc(CCOc2ccccn2)cc1)N1CCN(CCc2cccnc2)CC1. The van der Waals surface area contributed by atoms with Crippen molar-refractivity contribution in [1.29, 1.82) is 0 Å². The zero-order valence-corrected chi connectivity index (χ0v) is 18.1. The first-order valence-electron chi connectivity index (χ1n) is 11.0. The Morgan fingerprint density at radius 3 is 2.44 bits per heavy atom. The van der Waals surface area contributed by atoms with Crippen molar-refractivity contribution in [2.24, 2.45) is 0 Å². The van der Waals surface area contributed by atoms with E-state index in [2.05, 4.69) is 20.9 Å². The van der Waals surface area contributed by atoms with Crippen molar-refractivity contribution in [3.05, 3.63) is 84.3 Å². The highest BCUT2D eigenvalue weighted by Gasteiger charge is 2.22. The zero-order chi connectivity index (χ0) is 22.0. The van der Waals surface area contributed by atoms with Crippen LogP contribution in [0, 0.1) is 0 Å². The molecule has 32 heavy (non-hydrogen) atoms. The molecular weight excluding hydrogens is 404 g/mol. The highest BCUT2D eigenvalue weighted by atomic mass is 16.6. The summed E-state index contributed by atoms with van der Waals surface area (Å²) in [5, 5.41) is 0. The van der Waals surface area contributed by atoms with E-state index in [-0.39, 0.29) is 6.09 Å². The third-order valence-electron chi connectivity index (χ3n) is 5.48. The van der Waals surface area contributed by atoms with Crippen molar-refractivity contribution in [2.75, 3.05) is 39.3 Å². The second kappa shape index (κ2) is 11.2. The highest BCUT2D eigenvalue weighted by Crippen LogP contribution is 2.15. The van der Waals surface area contributed by atoms with Crippen molar-refractivity contribution in [3.63, 3.8) is 0 Å². The van der Waals surface area contributed by atoms with E-state index >= 15 is 0 Å². The van der Waals surface area contributed by atoms with Crippen LogP contribution >= 0.6 is 0 Å². The van der Waals surface area contributed by atoms with Gasteiger partial charge in [-0.3, -0.25) is 9.88 Å². The Morgan fingerprint density at radius 1 is 0.875 bits per heavy atom. The Balaban J connectivity index is 1.16. The molecule has 0 unspecified atom stereocenters. The lowest BCUT2D eigenvalue weighted by molar-refractivity contribution is 0.111. The van der Waals surface area contributed by atoms with Crippen LogP contribution in [0.3, 0.4) is 0 Å². The van der Waals surface area contributed by atoms with Crippen LogP contribution in [0.5, 0.6) is 11.6 Å². The van der Waals surface area contributed by atoms with Crippen LogP contribution < -0.4 is 9.47 Å². The predicted molar refractivity (Wildman–Crippen MR) is 122 cm³/mol. The summed E-state index contributed by atoms with van der Waals surface area (Å²) in [6.07, 6.45) is 6.85. The van der Waals surface area contributed by atoms with Crippen molar-refractivity contribution in [1.82, 2.24) is 19.8 Å². The summed E-state index contributed by atoms with van der Waals surface area (Å²) in [6, 6.07) is 17.2. The number of rotatable bonds is 8. The molecule has 1 aromatic carbocycles. The van der Waals surface area contributed by atoms with Gasteiger partial charge in [0.25, 0.3) is 0 Å². The van der Waals surface area contributed by atoms with Gasteiger partial charge in [0, 0.05) is 63.8 Å². The molecule has 7 nitrogen and oxygen atoms in total. The number of aromatic nitrogens is 2. The number of benzene rings is 1. The average molecular weight is 433 g/mol. The first kappa shape index (κ1) is 21.8. The molecule has 7 heteroatoms. The number of carbonyl (C=O) groups is 1. The van der Waals surface area contributed by atoms with Crippen molar-refractivity contribution in [2.45, 2.75) is 12.8 Å². The second-order valence-corrected chi connectivity index (χ2v) is 7.72. The summed E-state index contributed by atoms with van der Waals surface area (Å²) < 4.78 is 11.2. The van der Waals surface area contributed by atoms with Gasteiger partial charge in [-0.05, 0) is 41.8 Å². The molecule has 0 spiro atoms. The lowest BCUT2D eigenvalue weighted by Gasteiger charge is -2.34. The molecule has 1 saturated heterocycles. The molecule has 2 aromatic heterocycles.